The first-order chi connectivity index (χ1) is 21.6. The molecule has 225 valence electrons. The van der Waals surface area contributed by atoms with E-state index in [4.69, 9.17) is 16.3 Å². The number of aromatic nitrogens is 3. The van der Waals surface area contributed by atoms with Gasteiger partial charge in [0.25, 0.3) is 0 Å². The van der Waals surface area contributed by atoms with E-state index < -0.39 is 0 Å². The summed E-state index contributed by atoms with van der Waals surface area (Å²) >= 11 is 6.54. The summed E-state index contributed by atoms with van der Waals surface area (Å²) in [7, 11) is 0. The number of benzene rings is 3. The zero-order chi connectivity index (χ0) is 29.9. The Balaban J connectivity index is 0.996. The van der Waals surface area contributed by atoms with Gasteiger partial charge in [-0.2, -0.15) is 0 Å². The topological polar surface area (TPSA) is 58.5 Å². The largest absolute Gasteiger partial charge is 0.487 e. The van der Waals surface area contributed by atoms with Crippen LogP contribution in [0.3, 0.4) is 0 Å². The molecule has 5 aromatic rings. The summed E-state index contributed by atoms with van der Waals surface area (Å²) in [5.74, 6) is 1.88. The number of nitrogens with one attached hydrogen (secondary N) is 1. The van der Waals surface area contributed by atoms with Gasteiger partial charge in [0.15, 0.2) is 0 Å². The minimum Gasteiger partial charge on any atom is -0.487 e. The average molecular weight is 610 g/mol. The van der Waals surface area contributed by atoms with Gasteiger partial charge in [-0.1, -0.05) is 29.8 Å². The fourth-order valence-corrected chi connectivity index (χ4v) is 5.92. The van der Waals surface area contributed by atoms with Crippen molar-refractivity contribution in [3.63, 3.8) is 0 Å². The first kappa shape index (κ1) is 28.8. The van der Waals surface area contributed by atoms with Gasteiger partial charge < -0.3 is 19.5 Å². The number of piperazine rings is 1. The molecular formula is C35H35ClFN6O. The quantitative estimate of drug-likeness (QED) is 0.168. The van der Waals surface area contributed by atoms with Crippen molar-refractivity contribution in [2.24, 2.45) is 5.92 Å². The van der Waals surface area contributed by atoms with E-state index in [9.17, 15) is 4.39 Å². The van der Waals surface area contributed by atoms with Crippen molar-refractivity contribution in [1.29, 1.82) is 0 Å². The summed E-state index contributed by atoms with van der Waals surface area (Å²) in [5, 5.41) is 4.75. The second-order valence-corrected chi connectivity index (χ2v) is 12.1. The summed E-state index contributed by atoms with van der Waals surface area (Å²) in [5.41, 5.74) is 4.60. The standard InChI is InChI=1S/C35H35ClFN6O/c36-32-20-30(7-9-34(32)44-23-26-2-1-3-29(37)18-26)40-35-31-19-27(6-8-33(31)38-24-39-35)28-10-11-42(22-28)15-12-41-13-16-43(17-14-41)21-25-4-5-25/h1-3,6-12,18-20,22,24-25H,4-5,13-17,21,23H2,(H,38,39,40). The zero-order valence-corrected chi connectivity index (χ0v) is 25.3. The third-order valence-electron chi connectivity index (χ3n) is 8.37. The van der Waals surface area contributed by atoms with E-state index in [1.165, 1.54) is 44.6 Å². The highest BCUT2D eigenvalue weighted by Gasteiger charge is 2.26. The molecule has 0 amide bonds. The lowest BCUT2D eigenvalue weighted by Crippen LogP contribution is -2.46. The second kappa shape index (κ2) is 12.9. The summed E-state index contributed by atoms with van der Waals surface area (Å²) < 4.78 is 21.6. The Bertz CT molecular complexity index is 1750. The van der Waals surface area contributed by atoms with Crippen LogP contribution in [0.1, 0.15) is 18.4 Å². The molecule has 0 atom stereocenters. The highest BCUT2D eigenvalue weighted by atomic mass is 35.5. The summed E-state index contributed by atoms with van der Waals surface area (Å²) in [6.45, 7) is 9.25. The number of halogens is 2. The molecule has 0 unspecified atom stereocenters. The third-order valence-corrected chi connectivity index (χ3v) is 8.66. The van der Waals surface area contributed by atoms with Gasteiger partial charge in [-0.3, -0.25) is 4.90 Å². The molecule has 9 heteroatoms. The summed E-state index contributed by atoms with van der Waals surface area (Å²) in [6.07, 6.45) is 8.73. The van der Waals surface area contributed by atoms with Crippen LogP contribution >= 0.6 is 11.6 Å². The molecule has 7 rings (SSSR count). The molecule has 2 fully saturated rings. The van der Waals surface area contributed by atoms with E-state index in [-0.39, 0.29) is 12.4 Å². The molecule has 1 aliphatic carbocycles. The van der Waals surface area contributed by atoms with E-state index in [0.29, 0.717) is 16.6 Å². The Morgan fingerprint density at radius 3 is 2.66 bits per heavy atom. The number of fused-ring (bicyclic) bond motifs is 1. The van der Waals surface area contributed by atoms with Gasteiger partial charge in [0.1, 0.15) is 30.3 Å². The highest BCUT2D eigenvalue weighted by molar-refractivity contribution is 6.32. The van der Waals surface area contributed by atoms with Crippen molar-refractivity contribution in [1.82, 2.24) is 24.3 Å². The molecule has 0 spiro atoms. The Kier molecular flexibility index (Phi) is 8.46. The lowest BCUT2D eigenvalue weighted by molar-refractivity contribution is 0.146. The molecule has 3 aromatic carbocycles. The molecule has 0 bridgehead atoms. The minimum atomic E-state index is -0.295. The first-order valence-corrected chi connectivity index (χ1v) is 15.6. The Hall–Kier alpha value is -3.98. The van der Waals surface area contributed by atoms with Crippen molar-refractivity contribution < 1.29 is 9.13 Å². The molecule has 44 heavy (non-hydrogen) atoms. The van der Waals surface area contributed by atoms with Gasteiger partial charge in [-0.05, 0) is 84.0 Å². The molecule has 1 radical (unpaired) electrons. The second-order valence-electron chi connectivity index (χ2n) is 11.7. The van der Waals surface area contributed by atoms with Crippen molar-refractivity contribution in [2.45, 2.75) is 26.0 Å². The van der Waals surface area contributed by atoms with Crippen molar-refractivity contribution in [3.8, 4) is 16.9 Å². The van der Waals surface area contributed by atoms with Crippen LogP contribution in [0, 0.1) is 18.3 Å². The molecule has 1 aliphatic heterocycles. The Morgan fingerprint density at radius 1 is 0.955 bits per heavy atom. The maximum atomic E-state index is 13.5. The number of anilines is 2. The molecule has 1 saturated carbocycles. The van der Waals surface area contributed by atoms with Crippen molar-refractivity contribution >= 4 is 34.0 Å². The van der Waals surface area contributed by atoms with Gasteiger partial charge in [0, 0.05) is 69.3 Å². The molecular weight excluding hydrogens is 575 g/mol. The monoisotopic (exact) mass is 609 g/mol. The van der Waals surface area contributed by atoms with E-state index in [2.05, 4.69) is 66.8 Å². The smallest absolute Gasteiger partial charge is 0.141 e. The normalized spacial score (nSPS) is 16.0. The maximum absolute atomic E-state index is 13.5. The molecule has 2 aromatic heterocycles. The fraction of sp³-hybridized carbons (Fsp3) is 0.286. The number of hydrogen-bond acceptors (Lipinski definition) is 6. The van der Waals surface area contributed by atoms with Crippen LogP contribution in [0.25, 0.3) is 22.0 Å². The molecule has 2 aliphatic rings. The molecule has 3 heterocycles. The van der Waals surface area contributed by atoms with Gasteiger partial charge in [-0.25, -0.2) is 14.4 Å². The van der Waals surface area contributed by atoms with Crippen LogP contribution in [0.15, 0.2) is 85.5 Å². The number of ether oxygens (including phenoxy) is 1. The lowest BCUT2D eigenvalue weighted by atomic mass is 10.1. The number of rotatable bonds is 11. The third kappa shape index (κ3) is 7.04. The highest BCUT2D eigenvalue weighted by Crippen LogP contribution is 2.33. The predicted molar refractivity (Wildman–Crippen MR) is 173 cm³/mol. The van der Waals surface area contributed by atoms with Crippen LogP contribution in [0.4, 0.5) is 15.9 Å². The van der Waals surface area contributed by atoms with Gasteiger partial charge in [-0.15, -0.1) is 0 Å². The van der Waals surface area contributed by atoms with Crippen molar-refractivity contribution in [2.75, 3.05) is 38.0 Å². The minimum absolute atomic E-state index is 0.223. The van der Waals surface area contributed by atoms with E-state index in [1.807, 2.05) is 18.2 Å². The van der Waals surface area contributed by atoms with Crippen LogP contribution < -0.4 is 10.1 Å². The van der Waals surface area contributed by atoms with Crippen LogP contribution in [0.2, 0.25) is 5.02 Å². The van der Waals surface area contributed by atoms with E-state index in [0.717, 1.165) is 58.8 Å². The molecule has 1 saturated heterocycles. The number of hydrogen-bond donors (Lipinski definition) is 1. The Morgan fingerprint density at radius 2 is 1.84 bits per heavy atom. The van der Waals surface area contributed by atoms with Gasteiger partial charge in [0.05, 0.1) is 10.5 Å². The van der Waals surface area contributed by atoms with Crippen molar-refractivity contribution in [3.05, 3.63) is 108 Å². The first-order valence-electron chi connectivity index (χ1n) is 15.2. The average Bonchev–Trinajstić information content (AvgIpc) is 3.73. The van der Waals surface area contributed by atoms with E-state index in [1.54, 1.807) is 24.5 Å². The predicted octanol–water partition coefficient (Wildman–Crippen LogP) is 7.40. The van der Waals surface area contributed by atoms with Crippen LogP contribution in [-0.4, -0.2) is 57.1 Å². The molecule has 7 nitrogen and oxygen atoms in total. The zero-order valence-electron chi connectivity index (χ0n) is 24.5. The summed E-state index contributed by atoms with van der Waals surface area (Å²) in [6, 6.07) is 20.2. The Labute approximate surface area is 262 Å². The SMILES string of the molecule is Fc1cccc(COc2ccc(Nc3ncnc4ccc(-c5ccn(C[CH]N6CCN(CC7CC7)CC6)c5)cc34)cc2Cl)c1. The number of nitrogens with zero attached hydrogens (tertiary/aromatic N) is 5. The van der Waals surface area contributed by atoms with Crippen LogP contribution in [-0.2, 0) is 13.2 Å². The van der Waals surface area contributed by atoms with Gasteiger partial charge >= 0.3 is 0 Å². The van der Waals surface area contributed by atoms with E-state index >= 15 is 0 Å². The summed E-state index contributed by atoms with van der Waals surface area (Å²) in [4.78, 5) is 14.1. The molecule has 1 N–H and O–H groups in total. The lowest BCUT2D eigenvalue weighted by Gasteiger charge is -2.34. The van der Waals surface area contributed by atoms with Gasteiger partial charge in [0.2, 0.25) is 0 Å². The van der Waals surface area contributed by atoms with Crippen LogP contribution in [0.5, 0.6) is 5.75 Å². The fourth-order valence-electron chi connectivity index (χ4n) is 5.68. The maximum Gasteiger partial charge on any atom is 0.141 e.